The normalized spacial score (nSPS) is 20.6. The number of nitrogen functional groups attached to an aromatic ring is 1. The first kappa shape index (κ1) is 12.4. The van der Waals surface area contributed by atoms with E-state index in [-0.39, 0.29) is 0 Å². The topological polar surface area (TPSA) is 53.1 Å². The highest BCUT2D eigenvalue weighted by Gasteiger charge is 2.26. The molecule has 4 nitrogen and oxygen atoms in total. The fourth-order valence-electron chi connectivity index (χ4n) is 2.35. The molecular weight excluding hydrogens is 214 g/mol. The van der Waals surface area contributed by atoms with E-state index in [0.29, 0.717) is 17.3 Å². The lowest BCUT2D eigenvalue weighted by molar-refractivity contribution is 0.0000692. The van der Waals surface area contributed by atoms with Crippen molar-refractivity contribution in [3.63, 3.8) is 0 Å². The lowest BCUT2D eigenvalue weighted by Crippen LogP contribution is -2.27. The smallest absolute Gasteiger partial charge is 0.145 e. The summed E-state index contributed by atoms with van der Waals surface area (Å²) in [6.45, 7) is 6.20. The summed E-state index contributed by atoms with van der Waals surface area (Å²) in [5.74, 6) is 0.574. The summed E-state index contributed by atoms with van der Waals surface area (Å²) in [4.78, 5) is 0. The first-order chi connectivity index (χ1) is 8.05. The van der Waals surface area contributed by atoms with Crippen LogP contribution in [0.1, 0.15) is 39.5 Å². The molecule has 0 bridgehead atoms. The van der Waals surface area contributed by atoms with Gasteiger partial charge in [0.25, 0.3) is 0 Å². The Bertz CT molecular complexity index is 349. The number of hydrogen-bond acceptors (Lipinski definition) is 3. The molecule has 2 N–H and O–H groups in total. The van der Waals surface area contributed by atoms with Crippen LogP contribution in [0.4, 0.5) is 5.82 Å². The largest absolute Gasteiger partial charge is 0.382 e. The van der Waals surface area contributed by atoms with Crippen molar-refractivity contribution < 1.29 is 4.74 Å². The fraction of sp³-hybridized carbons (Fsp3) is 0.769. The Hall–Kier alpha value is -1.03. The second kappa shape index (κ2) is 5.08. The maximum absolute atomic E-state index is 5.89. The highest BCUT2D eigenvalue weighted by atomic mass is 16.5. The van der Waals surface area contributed by atoms with Gasteiger partial charge < -0.3 is 10.5 Å². The van der Waals surface area contributed by atoms with E-state index in [1.807, 2.05) is 16.9 Å². The summed E-state index contributed by atoms with van der Waals surface area (Å²) in [6.07, 6.45) is 7.25. The van der Waals surface area contributed by atoms with Crippen molar-refractivity contribution in [2.45, 2.75) is 52.2 Å². The van der Waals surface area contributed by atoms with Crippen LogP contribution in [0.3, 0.4) is 0 Å². The average molecular weight is 237 g/mol. The van der Waals surface area contributed by atoms with Crippen molar-refractivity contribution in [2.24, 2.45) is 5.41 Å². The van der Waals surface area contributed by atoms with Gasteiger partial charge in [0, 0.05) is 6.20 Å². The first-order valence-corrected chi connectivity index (χ1v) is 6.46. The molecule has 0 saturated heterocycles. The van der Waals surface area contributed by atoms with Gasteiger partial charge in [-0.2, -0.15) is 5.10 Å². The van der Waals surface area contributed by atoms with Gasteiger partial charge in [0.1, 0.15) is 5.82 Å². The molecule has 0 radical (unpaired) electrons. The molecule has 1 aromatic rings. The van der Waals surface area contributed by atoms with E-state index in [9.17, 15) is 0 Å². The Morgan fingerprint density at radius 3 is 2.76 bits per heavy atom. The average Bonchev–Trinajstić information content (AvgIpc) is 2.67. The quantitative estimate of drug-likeness (QED) is 0.875. The first-order valence-electron chi connectivity index (χ1n) is 6.46. The highest BCUT2D eigenvalue weighted by molar-refractivity contribution is 5.23. The number of nitrogens with zero attached hydrogens (tertiary/aromatic N) is 2. The molecule has 1 aliphatic rings. The Labute approximate surface area is 103 Å². The molecule has 1 aliphatic carbocycles. The van der Waals surface area contributed by atoms with Gasteiger partial charge in [-0.1, -0.05) is 13.8 Å². The zero-order chi connectivity index (χ0) is 12.3. The third kappa shape index (κ3) is 3.73. The van der Waals surface area contributed by atoms with Crippen LogP contribution in [0.5, 0.6) is 0 Å². The minimum Gasteiger partial charge on any atom is -0.382 e. The van der Waals surface area contributed by atoms with Crippen LogP contribution in [0.2, 0.25) is 0 Å². The summed E-state index contributed by atoms with van der Waals surface area (Å²) in [6, 6.07) is 1.81. The minimum atomic E-state index is 0.441. The number of ether oxygens (including phenoxy) is 1. The van der Waals surface area contributed by atoms with Gasteiger partial charge in [0.05, 0.1) is 19.3 Å². The van der Waals surface area contributed by atoms with E-state index in [4.69, 9.17) is 10.5 Å². The second-order valence-electron chi connectivity index (χ2n) is 5.74. The predicted octanol–water partition coefficient (Wildman–Crippen LogP) is 2.45. The fourth-order valence-corrected chi connectivity index (χ4v) is 2.35. The minimum absolute atomic E-state index is 0.441. The van der Waals surface area contributed by atoms with Crippen molar-refractivity contribution in [1.82, 2.24) is 9.78 Å². The molecule has 1 saturated carbocycles. The van der Waals surface area contributed by atoms with E-state index < -0.39 is 0 Å². The highest BCUT2D eigenvalue weighted by Crippen LogP contribution is 2.36. The van der Waals surface area contributed by atoms with Gasteiger partial charge in [0.2, 0.25) is 0 Å². The molecule has 1 aromatic heterocycles. The van der Waals surface area contributed by atoms with E-state index in [0.717, 1.165) is 13.2 Å². The van der Waals surface area contributed by atoms with Gasteiger partial charge in [0.15, 0.2) is 0 Å². The van der Waals surface area contributed by atoms with E-state index in [1.54, 1.807) is 0 Å². The predicted molar refractivity (Wildman–Crippen MR) is 68.6 cm³/mol. The molecule has 0 atom stereocenters. The Kier molecular flexibility index (Phi) is 3.72. The maximum Gasteiger partial charge on any atom is 0.145 e. The SMILES string of the molecule is CC1(C)CCC(OCCn2ccc(N)n2)CC1. The van der Waals surface area contributed by atoms with Crippen molar-refractivity contribution in [2.75, 3.05) is 12.3 Å². The number of aromatic nitrogens is 2. The Balaban J connectivity index is 1.66. The zero-order valence-electron chi connectivity index (χ0n) is 10.9. The van der Waals surface area contributed by atoms with Crippen molar-refractivity contribution in [3.8, 4) is 0 Å². The number of nitrogens with two attached hydrogens (primary N) is 1. The monoisotopic (exact) mass is 237 g/mol. The van der Waals surface area contributed by atoms with E-state index in [2.05, 4.69) is 18.9 Å². The van der Waals surface area contributed by atoms with E-state index >= 15 is 0 Å². The summed E-state index contributed by atoms with van der Waals surface area (Å²) < 4.78 is 7.72. The van der Waals surface area contributed by atoms with Gasteiger partial charge >= 0.3 is 0 Å². The van der Waals surface area contributed by atoms with Crippen LogP contribution in [0, 0.1) is 5.41 Å². The maximum atomic E-state index is 5.89. The summed E-state index contributed by atoms with van der Waals surface area (Å²) >= 11 is 0. The Morgan fingerprint density at radius 2 is 2.18 bits per heavy atom. The standard InChI is InChI=1S/C13H23N3O/c1-13(2)6-3-11(4-7-13)17-10-9-16-8-5-12(14)15-16/h5,8,11H,3-4,6-7,9-10H2,1-2H3,(H2,14,15). The molecule has 96 valence electrons. The third-order valence-corrected chi connectivity index (χ3v) is 3.62. The van der Waals surface area contributed by atoms with Gasteiger partial charge in [-0.05, 0) is 37.2 Å². The molecule has 0 amide bonds. The van der Waals surface area contributed by atoms with Crippen molar-refractivity contribution in [1.29, 1.82) is 0 Å². The van der Waals surface area contributed by atoms with E-state index in [1.165, 1.54) is 25.7 Å². The lowest BCUT2D eigenvalue weighted by atomic mass is 9.76. The molecule has 0 spiro atoms. The molecule has 0 unspecified atom stereocenters. The summed E-state index contributed by atoms with van der Waals surface area (Å²) in [5, 5.41) is 4.13. The molecule has 2 rings (SSSR count). The molecule has 0 aliphatic heterocycles. The zero-order valence-corrected chi connectivity index (χ0v) is 10.9. The van der Waals surface area contributed by atoms with Crippen LogP contribution >= 0.6 is 0 Å². The second-order valence-corrected chi connectivity index (χ2v) is 5.74. The molecule has 17 heavy (non-hydrogen) atoms. The number of rotatable bonds is 4. The van der Waals surface area contributed by atoms with Crippen LogP contribution in [0.15, 0.2) is 12.3 Å². The Morgan fingerprint density at radius 1 is 1.47 bits per heavy atom. The number of anilines is 1. The van der Waals surface area contributed by atoms with Gasteiger partial charge in [-0.15, -0.1) is 0 Å². The molecule has 1 fully saturated rings. The molecule has 1 heterocycles. The lowest BCUT2D eigenvalue weighted by Gasteiger charge is -2.34. The number of hydrogen-bond donors (Lipinski definition) is 1. The molecular formula is C13H23N3O. The van der Waals surface area contributed by atoms with Crippen molar-refractivity contribution in [3.05, 3.63) is 12.3 Å². The van der Waals surface area contributed by atoms with Crippen LogP contribution in [-0.4, -0.2) is 22.5 Å². The molecule has 0 aromatic carbocycles. The van der Waals surface area contributed by atoms with Gasteiger partial charge in [-0.25, -0.2) is 0 Å². The summed E-state index contributed by atoms with van der Waals surface area (Å²) in [5.41, 5.74) is 6.06. The summed E-state index contributed by atoms with van der Waals surface area (Å²) in [7, 11) is 0. The molecule has 4 heteroatoms. The van der Waals surface area contributed by atoms with Crippen LogP contribution in [-0.2, 0) is 11.3 Å². The van der Waals surface area contributed by atoms with Crippen LogP contribution < -0.4 is 5.73 Å². The van der Waals surface area contributed by atoms with Crippen molar-refractivity contribution >= 4 is 5.82 Å². The van der Waals surface area contributed by atoms with Gasteiger partial charge in [-0.3, -0.25) is 4.68 Å². The van der Waals surface area contributed by atoms with Crippen LogP contribution in [0.25, 0.3) is 0 Å². The third-order valence-electron chi connectivity index (χ3n) is 3.62.